The fourth-order valence-electron chi connectivity index (χ4n) is 6.53. The van der Waals surface area contributed by atoms with E-state index in [1.165, 1.54) is 7.05 Å². The number of hydrogen-bond acceptors (Lipinski definition) is 6. The average molecular weight is 593 g/mol. The number of fused-ring (bicyclic) bond motifs is 1. The third-order valence-corrected chi connectivity index (χ3v) is 8.96. The molecule has 3 heterocycles. The molecule has 0 spiro atoms. The summed E-state index contributed by atoms with van der Waals surface area (Å²) >= 11 is 6.65. The first kappa shape index (κ1) is 29.2. The molecule has 1 aliphatic carbocycles. The molecule has 2 aromatic rings. The number of benzene rings is 1. The highest BCUT2D eigenvalue weighted by atomic mass is 35.5. The van der Waals surface area contributed by atoms with Crippen molar-refractivity contribution in [3.05, 3.63) is 39.7 Å². The molecular formula is C28H35ClF2N6O4. The number of aromatic nitrogens is 3. The molecule has 2 fully saturated rings. The number of nitrogens with one attached hydrogen (secondary N) is 1. The summed E-state index contributed by atoms with van der Waals surface area (Å²) in [7, 11) is 2.98. The molecule has 5 rings (SSSR count). The van der Waals surface area contributed by atoms with Crippen molar-refractivity contribution in [1.82, 2.24) is 30.1 Å². The number of alkyl halides is 2. The number of hydrogen-bond donors (Lipinski definition) is 1. The second-order valence-corrected chi connectivity index (χ2v) is 11.3. The normalized spacial score (nSPS) is 22.7. The molecule has 1 aromatic carbocycles. The van der Waals surface area contributed by atoms with Crippen molar-refractivity contribution in [3.63, 3.8) is 0 Å². The minimum Gasteiger partial charge on any atom is -0.487 e. The van der Waals surface area contributed by atoms with Crippen LogP contribution in [0.25, 0.3) is 0 Å². The quantitative estimate of drug-likeness (QED) is 0.502. The number of likely N-dealkylation sites (tertiary alicyclic amines) is 1. The van der Waals surface area contributed by atoms with Crippen molar-refractivity contribution in [2.24, 2.45) is 18.9 Å². The zero-order valence-electron chi connectivity index (χ0n) is 23.2. The van der Waals surface area contributed by atoms with Gasteiger partial charge in [-0.15, -0.1) is 5.10 Å². The lowest BCUT2D eigenvalue weighted by molar-refractivity contribution is -0.147. The predicted octanol–water partition coefficient (Wildman–Crippen LogP) is 3.59. The van der Waals surface area contributed by atoms with Crippen LogP contribution >= 0.6 is 11.6 Å². The van der Waals surface area contributed by atoms with Gasteiger partial charge < -0.3 is 19.9 Å². The Bertz CT molecular complexity index is 1320. The van der Waals surface area contributed by atoms with Crippen LogP contribution in [0.15, 0.2) is 12.1 Å². The summed E-state index contributed by atoms with van der Waals surface area (Å²) in [5.41, 5.74) is 1.13. The highest BCUT2D eigenvalue weighted by Crippen LogP contribution is 2.43. The zero-order valence-corrected chi connectivity index (χ0v) is 24.0. The first-order chi connectivity index (χ1) is 19.7. The first-order valence-electron chi connectivity index (χ1n) is 14.1. The third-order valence-electron chi connectivity index (χ3n) is 8.60. The molecule has 1 saturated carbocycles. The highest BCUT2D eigenvalue weighted by Gasteiger charge is 2.43. The van der Waals surface area contributed by atoms with Crippen LogP contribution in [0.5, 0.6) is 5.75 Å². The molecule has 1 saturated heterocycles. The van der Waals surface area contributed by atoms with Crippen LogP contribution in [-0.2, 0) is 34.5 Å². The van der Waals surface area contributed by atoms with Gasteiger partial charge in [0.1, 0.15) is 23.7 Å². The second-order valence-electron chi connectivity index (χ2n) is 10.9. The summed E-state index contributed by atoms with van der Waals surface area (Å²) in [5.74, 6) is -0.764. The molecule has 222 valence electrons. The zero-order chi connectivity index (χ0) is 29.3. The van der Waals surface area contributed by atoms with E-state index >= 15 is 0 Å². The number of carbonyl (C=O) groups excluding carboxylic acids is 3. The standard InChI is InChI=1S/C28H35ClF2N6O4/c1-32-27(39)16-6-3-4-7-17(16)28(40)37-13-11-18-19(29)9-10-22(24(18)21(37)14-36-12-5-8-23(36)38)41-15-20-25(26(30)31)35(2)34-33-20/h9-10,16-17,21,26H,3-8,11-15H2,1-2H3,(H,32,39)/t16-,17+,21+/m0/s1. The topological polar surface area (TPSA) is 110 Å². The molecule has 13 heteroatoms. The lowest BCUT2D eigenvalue weighted by Gasteiger charge is -2.43. The number of rotatable bonds is 8. The molecule has 10 nitrogen and oxygen atoms in total. The van der Waals surface area contributed by atoms with Gasteiger partial charge in [-0.25, -0.2) is 13.5 Å². The fourth-order valence-corrected chi connectivity index (χ4v) is 6.79. The van der Waals surface area contributed by atoms with Gasteiger partial charge in [-0.3, -0.25) is 14.4 Å². The number of halogens is 3. The SMILES string of the molecule is CNC(=O)[C@H]1CCCC[C@H]1C(=O)N1CCc2c(Cl)ccc(OCc3nnn(C)c3C(F)F)c2[C@H]1CN1CCCC1=O. The van der Waals surface area contributed by atoms with Crippen molar-refractivity contribution < 1.29 is 27.9 Å². The molecule has 0 radical (unpaired) electrons. The lowest BCUT2D eigenvalue weighted by Crippen LogP contribution is -2.50. The van der Waals surface area contributed by atoms with E-state index < -0.39 is 24.3 Å². The van der Waals surface area contributed by atoms with E-state index in [2.05, 4.69) is 15.6 Å². The Kier molecular flexibility index (Phi) is 8.77. The maximum atomic E-state index is 14.2. The molecule has 1 N–H and O–H groups in total. The molecule has 2 aliphatic heterocycles. The van der Waals surface area contributed by atoms with Gasteiger partial charge >= 0.3 is 0 Å². The number of amides is 3. The van der Waals surface area contributed by atoms with Crippen molar-refractivity contribution in [3.8, 4) is 5.75 Å². The Morgan fingerprint density at radius 3 is 2.59 bits per heavy atom. The maximum Gasteiger partial charge on any atom is 0.282 e. The van der Waals surface area contributed by atoms with Crippen LogP contribution in [0, 0.1) is 11.8 Å². The molecule has 0 unspecified atom stereocenters. The van der Waals surface area contributed by atoms with Gasteiger partial charge in [-0.05, 0) is 43.4 Å². The Balaban J connectivity index is 1.51. The monoisotopic (exact) mass is 592 g/mol. The Morgan fingerprint density at radius 2 is 1.90 bits per heavy atom. The summed E-state index contributed by atoms with van der Waals surface area (Å²) < 4.78 is 34.4. The molecule has 1 aromatic heterocycles. The smallest absolute Gasteiger partial charge is 0.282 e. The van der Waals surface area contributed by atoms with E-state index in [9.17, 15) is 23.2 Å². The van der Waals surface area contributed by atoms with E-state index in [1.54, 1.807) is 29.0 Å². The van der Waals surface area contributed by atoms with E-state index in [1.807, 2.05) is 0 Å². The Hall–Kier alpha value is -3.28. The van der Waals surface area contributed by atoms with E-state index in [0.717, 1.165) is 29.5 Å². The van der Waals surface area contributed by atoms with Gasteiger partial charge in [0.15, 0.2) is 0 Å². The van der Waals surface area contributed by atoms with Crippen molar-refractivity contribution >= 4 is 29.3 Å². The number of carbonyl (C=O) groups is 3. The van der Waals surface area contributed by atoms with Crippen LogP contribution in [-0.4, -0.2) is 69.2 Å². The minimum atomic E-state index is -2.78. The van der Waals surface area contributed by atoms with Gasteiger partial charge in [0.2, 0.25) is 17.7 Å². The molecule has 3 aliphatic rings. The van der Waals surface area contributed by atoms with E-state index in [4.69, 9.17) is 16.3 Å². The largest absolute Gasteiger partial charge is 0.487 e. The van der Waals surface area contributed by atoms with Crippen LogP contribution in [0.2, 0.25) is 5.02 Å². The van der Waals surface area contributed by atoms with Gasteiger partial charge in [0, 0.05) is 62.6 Å². The number of aryl methyl sites for hydroxylation is 1. The van der Waals surface area contributed by atoms with Crippen molar-refractivity contribution in [1.29, 1.82) is 0 Å². The second kappa shape index (κ2) is 12.3. The predicted molar refractivity (Wildman–Crippen MR) is 145 cm³/mol. The summed E-state index contributed by atoms with van der Waals surface area (Å²) in [6.45, 7) is 0.939. The summed E-state index contributed by atoms with van der Waals surface area (Å²) in [6, 6.07) is 2.78. The summed E-state index contributed by atoms with van der Waals surface area (Å²) in [4.78, 5) is 43.2. The first-order valence-corrected chi connectivity index (χ1v) is 14.5. The number of ether oxygens (including phenoxy) is 1. The van der Waals surface area contributed by atoms with Crippen molar-refractivity contribution in [2.75, 3.05) is 26.7 Å². The average Bonchev–Trinajstić information content (AvgIpc) is 3.56. The van der Waals surface area contributed by atoms with Crippen LogP contribution in [0.3, 0.4) is 0 Å². The van der Waals surface area contributed by atoms with Gasteiger partial charge in [-0.1, -0.05) is 29.7 Å². The van der Waals surface area contributed by atoms with E-state index in [0.29, 0.717) is 55.1 Å². The van der Waals surface area contributed by atoms with E-state index in [-0.39, 0.29) is 42.3 Å². The summed E-state index contributed by atoms with van der Waals surface area (Å²) in [6.07, 6.45) is 1.83. The van der Waals surface area contributed by atoms with Gasteiger partial charge in [-0.2, -0.15) is 0 Å². The van der Waals surface area contributed by atoms with Crippen molar-refractivity contribution in [2.45, 2.75) is 64.0 Å². The summed E-state index contributed by atoms with van der Waals surface area (Å²) in [5, 5.41) is 10.8. The molecule has 3 atom stereocenters. The van der Waals surface area contributed by atoms with Gasteiger partial charge in [0.05, 0.1) is 6.04 Å². The maximum absolute atomic E-state index is 14.2. The molecule has 41 heavy (non-hydrogen) atoms. The third kappa shape index (κ3) is 5.75. The molecular weight excluding hydrogens is 558 g/mol. The van der Waals surface area contributed by atoms with Crippen LogP contribution in [0.1, 0.15) is 73.5 Å². The lowest BCUT2D eigenvalue weighted by atomic mass is 9.77. The van der Waals surface area contributed by atoms with Crippen LogP contribution < -0.4 is 10.1 Å². The fraction of sp³-hybridized carbons (Fsp3) is 0.607. The molecule has 3 amide bonds. The van der Waals surface area contributed by atoms with Gasteiger partial charge in [0.25, 0.3) is 6.43 Å². The molecule has 0 bridgehead atoms. The Labute approximate surface area is 242 Å². The Morgan fingerprint density at radius 1 is 1.15 bits per heavy atom. The number of nitrogens with zero attached hydrogens (tertiary/aromatic N) is 5. The minimum absolute atomic E-state index is 0.0102. The highest BCUT2D eigenvalue weighted by molar-refractivity contribution is 6.31. The van der Waals surface area contributed by atoms with Crippen LogP contribution in [0.4, 0.5) is 8.78 Å².